The molecule has 0 aliphatic carbocycles. The summed E-state index contributed by atoms with van der Waals surface area (Å²) in [6.07, 6.45) is 1.32. The summed E-state index contributed by atoms with van der Waals surface area (Å²) in [7, 11) is 0. The molecule has 0 bridgehead atoms. The molecule has 0 fully saturated rings. The first-order valence-corrected chi connectivity index (χ1v) is 7.02. The fourth-order valence-corrected chi connectivity index (χ4v) is 2.06. The molecule has 3 aromatic rings. The molecular weight excluding hydrogens is 311 g/mol. The van der Waals surface area contributed by atoms with E-state index in [1.165, 1.54) is 24.4 Å². The Morgan fingerprint density at radius 1 is 1.29 bits per heavy atom. The number of hydrogen-bond donors (Lipinski definition) is 1. The van der Waals surface area contributed by atoms with Crippen LogP contribution in [0.2, 0.25) is 0 Å². The summed E-state index contributed by atoms with van der Waals surface area (Å²) in [6, 6.07) is 12.6. The molecule has 2 aromatic heterocycles. The fourth-order valence-electron chi connectivity index (χ4n) is 2.06. The maximum Gasteiger partial charge on any atom is 0.253 e. The highest BCUT2D eigenvalue weighted by Gasteiger charge is 2.12. The van der Waals surface area contributed by atoms with Crippen molar-refractivity contribution in [2.45, 2.75) is 6.54 Å². The molecule has 0 aliphatic heterocycles. The van der Waals surface area contributed by atoms with Crippen molar-refractivity contribution in [2.24, 2.45) is 0 Å². The van der Waals surface area contributed by atoms with E-state index in [2.05, 4.69) is 15.5 Å². The summed E-state index contributed by atoms with van der Waals surface area (Å²) >= 11 is 0. The number of nitriles is 1. The second-order valence-electron chi connectivity index (χ2n) is 4.88. The number of hydrogen-bond acceptors (Lipinski definition) is 5. The van der Waals surface area contributed by atoms with Crippen molar-refractivity contribution in [1.82, 2.24) is 15.5 Å². The molecule has 6 nitrogen and oxygen atoms in total. The van der Waals surface area contributed by atoms with E-state index in [0.717, 1.165) is 0 Å². The van der Waals surface area contributed by atoms with E-state index in [1.54, 1.807) is 24.3 Å². The van der Waals surface area contributed by atoms with Gasteiger partial charge in [0.15, 0.2) is 5.76 Å². The molecule has 7 heteroatoms. The first-order chi connectivity index (χ1) is 11.7. The van der Waals surface area contributed by atoms with Crippen LogP contribution in [0, 0.1) is 17.1 Å². The molecule has 0 aliphatic rings. The topological polar surface area (TPSA) is 91.8 Å². The Morgan fingerprint density at radius 3 is 2.83 bits per heavy atom. The summed E-state index contributed by atoms with van der Waals surface area (Å²) in [6.45, 7) is 0.0975. The molecule has 2 heterocycles. The molecular formula is C17H11FN4O2. The van der Waals surface area contributed by atoms with E-state index in [1.807, 2.05) is 6.07 Å². The number of amides is 1. The Labute approximate surface area is 136 Å². The Bertz CT molecular complexity index is 913. The second kappa shape index (κ2) is 6.71. The smallest absolute Gasteiger partial charge is 0.253 e. The molecule has 118 valence electrons. The molecule has 1 amide bonds. The predicted octanol–water partition coefficient (Wildman–Crippen LogP) is 2.68. The largest absolute Gasteiger partial charge is 0.359 e. The lowest BCUT2D eigenvalue weighted by atomic mass is 10.1. The first kappa shape index (κ1) is 15.4. The van der Waals surface area contributed by atoms with Crippen molar-refractivity contribution >= 4 is 5.91 Å². The van der Waals surface area contributed by atoms with E-state index >= 15 is 0 Å². The van der Waals surface area contributed by atoms with Gasteiger partial charge in [-0.25, -0.2) is 9.37 Å². The van der Waals surface area contributed by atoms with Crippen molar-refractivity contribution in [3.8, 4) is 17.3 Å². The van der Waals surface area contributed by atoms with E-state index in [4.69, 9.17) is 9.78 Å². The Morgan fingerprint density at radius 2 is 2.12 bits per heavy atom. The van der Waals surface area contributed by atoms with E-state index in [0.29, 0.717) is 22.6 Å². The molecule has 0 saturated heterocycles. The van der Waals surface area contributed by atoms with Gasteiger partial charge >= 0.3 is 0 Å². The highest BCUT2D eigenvalue weighted by atomic mass is 19.1. The third-order valence-electron chi connectivity index (χ3n) is 3.27. The quantitative estimate of drug-likeness (QED) is 0.797. The lowest BCUT2D eigenvalue weighted by Gasteiger charge is -2.02. The van der Waals surface area contributed by atoms with Crippen LogP contribution in [0.1, 0.15) is 21.8 Å². The molecule has 1 N–H and O–H groups in total. The third-order valence-corrected chi connectivity index (χ3v) is 3.27. The number of nitrogens with zero attached hydrogens (tertiary/aromatic N) is 3. The highest BCUT2D eigenvalue weighted by molar-refractivity contribution is 5.93. The van der Waals surface area contributed by atoms with Crippen LogP contribution in [0.5, 0.6) is 0 Å². The van der Waals surface area contributed by atoms with Gasteiger partial charge < -0.3 is 9.84 Å². The van der Waals surface area contributed by atoms with Gasteiger partial charge in [0.25, 0.3) is 5.91 Å². The molecule has 1 aromatic carbocycles. The summed E-state index contributed by atoms with van der Waals surface area (Å²) < 4.78 is 18.8. The number of benzene rings is 1. The number of rotatable bonds is 4. The van der Waals surface area contributed by atoms with Crippen LogP contribution in [0.3, 0.4) is 0 Å². The molecule has 0 spiro atoms. The van der Waals surface area contributed by atoms with Crippen LogP contribution in [0.15, 0.2) is 53.2 Å². The van der Waals surface area contributed by atoms with Crippen LogP contribution < -0.4 is 5.32 Å². The number of pyridine rings is 1. The number of nitrogens with one attached hydrogen (secondary N) is 1. The zero-order valence-electron chi connectivity index (χ0n) is 12.4. The van der Waals surface area contributed by atoms with Gasteiger partial charge in [-0.15, -0.1) is 0 Å². The summed E-state index contributed by atoms with van der Waals surface area (Å²) in [4.78, 5) is 15.8. The van der Waals surface area contributed by atoms with Gasteiger partial charge in [-0.3, -0.25) is 4.79 Å². The maximum atomic E-state index is 13.7. The van der Waals surface area contributed by atoms with E-state index < -0.39 is 5.82 Å². The number of aromatic nitrogens is 2. The molecule has 24 heavy (non-hydrogen) atoms. The van der Waals surface area contributed by atoms with Crippen LogP contribution in [-0.4, -0.2) is 16.0 Å². The Hall–Kier alpha value is -3.53. The van der Waals surface area contributed by atoms with Crippen molar-refractivity contribution < 1.29 is 13.7 Å². The molecule has 0 radical (unpaired) electrons. The summed E-state index contributed by atoms with van der Waals surface area (Å²) in [5.41, 5.74) is 1.24. The summed E-state index contributed by atoms with van der Waals surface area (Å²) in [5, 5.41) is 15.1. The van der Waals surface area contributed by atoms with Gasteiger partial charge in [-0.2, -0.15) is 5.26 Å². The zero-order chi connectivity index (χ0) is 16.9. The highest BCUT2D eigenvalue weighted by Crippen LogP contribution is 2.22. The molecule has 0 atom stereocenters. The minimum Gasteiger partial charge on any atom is -0.359 e. The monoisotopic (exact) mass is 322 g/mol. The Kier molecular flexibility index (Phi) is 4.29. The van der Waals surface area contributed by atoms with Crippen LogP contribution in [-0.2, 0) is 6.54 Å². The average molecular weight is 322 g/mol. The first-order valence-electron chi connectivity index (χ1n) is 7.02. The van der Waals surface area contributed by atoms with Crippen LogP contribution in [0.4, 0.5) is 4.39 Å². The van der Waals surface area contributed by atoms with Crippen LogP contribution in [0.25, 0.3) is 11.3 Å². The number of carbonyl (C=O) groups excluding carboxylic acids is 1. The van der Waals surface area contributed by atoms with Crippen molar-refractivity contribution in [3.63, 3.8) is 0 Å². The van der Waals surface area contributed by atoms with Crippen molar-refractivity contribution in [2.75, 3.05) is 0 Å². The van der Waals surface area contributed by atoms with E-state index in [9.17, 15) is 9.18 Å². The SMILES string of the molecule is N#Cc1ccc(C(=O)NCc2cc(-c3ccccc3F)no2)cn1. The van der Waals surface area contributed by atoms with Gasteiger partial charge in [0.2, 0.25) is 0 Å². The summed E-state index contributed by atoms with van der Waals surface area (Å²) in [5.74, 6) is -0.371. The Balaban J connectivity index is 1.66. The molecule has 3 rings (SSSR count). The number of halogens is 1. The van der Waals surface area contributed by atoms with Gasteiger partial charge in [0, 0.05) is 17.8 Å². The normalized spacial score (nSPS) is 10.2. The van der Waals surface area contributed by atoms with Gasteiger partial charge in [0.05, 0.1) is 12.1 Å². The predicted molar refractivity (Wildman–Crippen MR) is 82.0 cm³/mol. The third kappa shape index (κ3) is 3.28. The van der Waals surface area contributed by atoms with Gasteiger partial charge in [0.1, 0.15) is 23.3 Å². The fraction of sp³-hybridized carbons (Fsp3) is 0.0588. The van der Waals surface area contributed by atoms with Crippen molar-refractivity contribution in [1.29, 1.82) is 5.26 Å². The lowest BCUT2D eigenvalue weighted by molar-refractivity contribution is 0.0946. The van der Waals surface area contributed by atoms with Gasteiger partial charge in [-0.05, 0) is 24.3 Å². The van der Waals surface area contributed by atoms with Crippen LogP contribution >= 0.6 is 0 Å². The maximum absolute atomic E-state index is 13.7. The minimum atomic E-state index is -0.398. The minimum absolute atomic E-state index is 0.0975. The number of carbonyl (C=O) groups is 1. The van der Waals surface area contributed by atoms with Crippen molar-refractivity contribution in [3.05, 3.63) is 71.5 Å². The molecule has 0 unspecified atom stereocenters. The standard InChI is InChI=1S/C17H11FN4O2/c18-15-4-2-1-3-14(15)16-7-13(24-22-16)10-21-17(23)11-5-6-12(8-19)20-9-11/h1-7,9H,10H2,(H,21,23). The second-order valence-corrected chi connectivity index (χ2v) is 4.88. The van der Waals surface area contributed by atoms with Gasteiger partial charge in [-0.1, -0.05) is 17.3 Å². The lowest BCUT2D eigenvalue weighted by Crippen LogP contribution is -2.22. The molecule has 0 saturated carbocycles. The van der Waals surface area contributed by atoms with E-state index in [-0.39, 0.29) is 18.1 Å². The zero-order valence-corrected chi connectivity index (χ0v) is 12.4. The average Bonchev–Trinajstić information content (AvgIpc) is 3.09.